The summed E-state index contributed by atoms with van der Waals surface area (Å²) in [4.78, 5) is 15.3. The molecule has 1 aromatic heterocycles. The molecule has 96 valence electrons. The van der Waals surface area contributed by atoms with E-state index >= 15 is 0 Å². The second-order valence-corrected chi connectivity index (χ2v) is 5.61. The van der Waals surface area contributed by atoms with Crippen LogP contribution in [0.4, 0.5) is 5.69 Å². The van der Waals surface area contributed by atoms with Crippen LogP contribution < -0.4 is 11.1 Å². The van der Waals surface area contributed by atoms with Crippen LogP contribution in [0.2, 0.25) is 0 Å². The number of rotatable bonds is 4. The summed E-state index contributed by atoms with van der Waals surface area (Å²) in [6.45, 7) is 0.0615. The van der Waals surface area contributed by atoms with Crippen molar-refractivity contribution in [2.45, 2.75) is 0 Å². The van der Waals surface area contributed by atoms with Gasteiger partial charge in [-0.05, 0) is 6.07 Å². The predicted molar refractivity (Wildman–Crippen MR) is 67.9 cm³/mol. The average Bonchev–Trinajstić information content (AvgIpc) is 2.16. The molecule has 0 saturated heterocycles. The van der Waals surface area contributed by atoms with Crippen molar-refractivity contribution in [3.8, 4) is 0 Å². The Balaban J connectivity index is 0.00000256. The maximum Gasteiger partial charge on any atom is 0.254 e. The Hall–Kier alpha value is -1.34. The van der Waals surface area contributed by atoms with E-state index in [4.69, 9.17) is 5.73 Å². The Bertz CT molecular complexity index is 490. The Morgan fingerprint density at radius 2 is 2.18 bits per heavy atom. The number of amides is 1. The molecule has 0 radical (unpaired) electrons. The first kappa shape index (κ1) is 15.7. The topological polar surface area (TPSA) is 102 Å². The van der Waals surface area contributed by atoms with Crippen LogP contribution in [0.3, 0.4) is 0 Å². The third-order valence-corrected chi connectivity index (χ3v) is 2.80. The van der Waals surface area contributed by atoms with Crippen LogP contribution in [0.1, 0.15) is 10.4 Å². The summed E-state index contributed by atoms with van der Waals surface area (Å²) in [6, 6.07) is 1.51. The summed E-state index contributed by atoms with van der Waals surface area (Å²) in [7, 11) is -3.07. The van der Waals surface area contributed by atoms with Gasteiger partial charge in [0.1, 0.15) is 9.84 Å². The first-order valence-electron chi connectivity index (χ1n) is 4.55. The molecule has 0 aliphatic carbocycles. The van der Waals surface area contributed by atoms with Crippen molar-refractivity contribution in [2.24, 2.45) is 0 Å². The lowest BCUT2D eigenvalue weighted by molar-refractivity contribution is 0.0956. The number of sulfone groups is 1. The SMILES string of the molecule is CS(=O)(=O)CCNC(=O)c1cnccc1N.Cl. The van der Waals surface area contributed by atoms with Gasteiger partial charge >= 0.3 is 0 Å². The summed E-state index contributed by atoms with van der Waals surface area (Å²) in [5.74, 6) is -0.520. The molecule has 0 saturated carbocycles. The molecule has 0 aliphatic rings. The van der Waals surface area contributed by atoms with Gasteiger partial charge in [-0.3, -0.25) is 9.78 Å². The fourth-order valence-corrected chi connectivity index (χ4v) is 1.51. The lowest BCUT2D eigenvalue weighted by Gasteiger charge is -2.05. The van der Waals surface area contributed by atoms with Gasteiger partial charge in [-0.15, -0.1) is 12.4 Å². The number of nitrogens with two attached hydrogens (primary N) is 1. The minimum Gasteiger partial charge on any atom is -0.398 e. The monoisotopic (exact) mass is 279 g/mol. The first-order chi connectivity index (χ1) is 7.40. The lowest BCUT2D eigenvalue weighted by Crippen LogP contribution is -2.29. The summed E-state index contributed by atoms with van der Waals surface area (Å²) in [6.07, 6.45) is 3.92. The normalized spacial score (nSPS) is 10.4. The summed E-state index contributed by atoms with van der Waals surface area (Å²) >= 11 is 0. The molecular formula is C9H14ClN3O3S. The molecular weight excluding hydrogens is 266 g/mol. The van der Waals surface area contributed by atoms with Crippen molar-refractivity contribution in [1.29, 1.82) is 0 Å². The molecule has 0 spiro atoms. The number of nitrogen functional groups attached to an aromatic ring is 1. The second kappa shape index (κ2) is 6.41. The Kier molecular flexibility index (Phi) is 5.90. The molecule has 0 bridgehead atoms. The molecule has 0 aromatic carbocycles. The van der Waals surface area contributed by atoms with E-state index in [0.29, 0.717) is 5.69 Å². The summed E-state index contributed by atoms with van der Waals surface area (Å²) in [5, 5.41) is 2.46. The number of carbonyl (C=O) groups is 1. The van der Waals surface area contributed by atoms with Gasteiger partial charge < -0.3 is 11.1 Å². The van der Waals surface area contributed by atoms with E-state index in [0.717, 1.165) is 6.26 Å². The van der Waals surface area contributed by atoms with Gasteiger partial charge in [-0.1, -0.05) is 0 Å². The molecule has 0 aliphatic heterocycles. The predicted octanol–water partition coefficient (Wildman–Crippen LogP) is -0.140. The zero-order valence-corrected chi connectivity index (χ0v) is 10.8. The fourth-order valence-electron chi connectivity index (χ4n) is 1.04. The van der Waals surface area contributed by atoms with Crippen molar-refractivity contribution in [1.82, 2.24) is 10.3 Å². The molecule has 1 rings (SSSR count). The van der Waals surface area contributed by atoms with Crippen LogP contribution in [0.5, 0.6) is 0 Å². The maximum absolute atomic E-state index is 11.5. The molecule has 1 amide bonds. The molecule has 17 heavy (non-hydrogen) atoms. The van der Waals surface area contributed by atoms with Gasteiger partial charge in [0.2, 0.25) is 0 Å². The van der Waals surface area contributed by atoms with Crippen molar-refractivity contribution >= 4 is 33.8 Å². The van der Waals surface area contributed by atoms with Gasteiger partial charge in [0.25, 0.3) is 5.91 Å². The fraction of sp³-hybridized carbons (Fsp3) is 0.333. The van der Waals surface area contributed by atoms with Crippen molar-refractivity contribution in [2.75, 3.05) is 24.3 Å². The zero-order chi connectivity index (χ0) is 12.2. The number of nitrogens with zero attached hydrogens (tertiary/aromatic N) is 1. The molecule has 8 heteroatoms. The number of carbonyl (C=O) groups excluding carboxylic acids is 1. The summed E-state index contributed by atoms with van der Waals surface area (Å²) in [5.41, 5.74) is 6.12. The smallest absolute Gasteiger partial charge is 0.254 e. The van der Waals surface area contributed by atoms with E-state index < -0.39 is 15.7 Å². The van der Waals surface area contributed by atoms with E-state index in [-0.39, 0.29) is 30.3 Å². The number of aromatic nitrogens is 1. The van der Waals surface area contributed by atoms with Gasteiger partial charge in [-0.2, -0.15) is 0 Å². The molecule has 0 atom stereocenters. The number of halogens is 1. The van der Waals surface area contributed by atoms with Crippen LogP contribution in [0.15, 0.2) is 18.5 Å². The van der Waals surface area contributed by atoms with Gasteiger partial charge in [0, 0.05) is 30.9 Å². The highest BCUT2D eigenvalue weighted by molar-refractivity contribution is 7.90. The maximum atomic E-state index is 11.5. The molecule has 6 nitrogen and oxygen atoms in total. The lowest BCUT2D eigenvalue weighted by atomic mass is 10.2. The Labute approximate surface area is 106 Å². The average molecular weight is 280 g/mol. The molecule has 0 unspecified atom stereocenters. The van der Waals surface area contributed by atoms with E-state index in [9.17, 15) is 13.2 Å². The van der Waals surface area contributed by atoms with Crippen LogP contribution in [0.25, 0.3) is 0 Å². The quantitative estimate of drug-likeness (QED) is 0.799. The van der Waals surface area contributed by atoms with E-state index in [1.54, 1.807) is 0 Å². The molecule has 0 fully saturated rings. The number of nitrogens with one attached hydrogen (secondary N) is 1. The molecule has 1 heterocycles. The molecule has 3 N–H and O–H groups in total. The number of hydrogen-bond donors (Lipinski definition) is 2. The van der Waals surface area contributed by atoms with E-state index in [1.807, 2.05) is 0 Å². The highest BCUT2D eigenvalue weighted by Crippen LogP contribution is 2.07. The van der Waals surface area contributed by atoms with E-state index in [2.05, 4.69) is 10.3 Å². The Morgan fingerprint density at radius 1 is 1.53 bits per heavy atom. The third kappa shape index (κ3) is 5.50. The minimum absolute atomic E-state index is 0. The first-order valence-corrected chi connectivity index (χ1v) is 6.61. The van der Waals surface area contributed by atoms with Crippen LogP contribution >= 0.6 is 12.4 Å². The standard InChI is InChI=1S/C9H13N3O3S.ClH/c1-16(14,15)5-4-12-9(13)7-6-11-3-2-8(7)10;/h2-3,6H,4-5H2,1H3,(H2,10,11)(H,12,13);1H. The van der Waals surface area contributed by atoms with Crippen molar-refractivity contribution < 1.29 is 13.2 Å². The molecule has 1 aromatic rings. The minimum atomic E-state index is -3.07. The zero-order valence-electron chi connectivity index (χ0n) is 9.21. The van der Waals surface area contributed by atoms with Crippen molar-refractivity contribution in [3.63, 3.8) is 0 Å². The number of anilines is 1. The largest absolute Gasteiger partial charge is 0.398 e. The van der Waals surface area contributed by atoms with E-state index in [1.165, 1.54) is 18.5 Å². The van der Waals surface area contributed by atoms with Gasteiger partial charge in [0.15, 0.2) is 0 Å². The van der Waals surface area contributed by atoms with Gasteiger partial charge in [-0.25, -0.2) is 8.42 Å². The highest BCUT2D eigenvalue weighted by atomic mass is 35.5. The summed E-state index contributed by atoms with van der Waals surface area (Å²) < 4.78 is 21.7. The van der Waals surface area contributed by atoms with Crippen LogP contribution in [-0.4, -0.2) is 37.9 Å². The van der Waals surface area contributed by atoms with Crippen LogP contribution in [0, 0.1) is 0 Å². The van der Waals surface area contributed by atoms with Crippen molar-refractivity contribution in [3.05, 3.63) is 24.0 Å². The van der Waals surface area contributed by atoms with Crippen LogP contribution in [-0.2, 0) is 9.84 Å². The Morgan fingerprint density at radius 3 is 2.71 bits per heavy atom. The number of hydrogen-bond acceptors (Lipinski definition) is 5. The second-order valence-electron chi connectivity index (χ2n) is 3.35. The number of pyridine rings is 1. The van der Waals surface area contributed by atoms with Gasteiger partial charge in [0.05, 0.1) is 11.3 Å². The highest BCUT2D eigenvalue weighted by Gasteiger charge is 2.10. The third-order valence-electron chi connectivity index (χ3n) is 1.86.